The van der Waals surface area contributed by atoms with Crippen LogP contribution >= 0.6 is 11.6 Å². The fourth-order valence-corrected chi connectivity index (χ4v) is 2.00. The Morgan fingerprint density at radius 1 is 1.38 bits per heavy atom. The highest BCUT2D eigenvalue weighted by atomic mass is 35.5. The zero-order valence-corrected chi connectivity index (χ0v) is 12.8. The molecule has 6 heteroatoms. The Morgan fingerprint density at radius 2 is 2.14 bits per heavy atom. The smallest absolute Gasteiger partial charge is 0.122 e. The van der Waals surface area contributed by atoms with Crippen molar-refractivity contribution in [2.75, 3.05) is 13.2 Å². The van der Waals surface area contributed by atoms with Crippen LogP contribution in [0, 0.1) is 0 Å². The summed E-state index contributed by atoms with van der Waals surface area (Å²) in [6.07, 6.45) is 3.10. The van der Waals surface area contributed by atoms with Gasteiger partial charge < -0.3 is 19.7 Å². The summed E-state index contributed by atoms with van der Waals surface area (Å²) in [7, 11) is 1.94. The number of aromatic nitrogens is 2. The summed E-state index contributed by atoms with van der Waals surface area (Å²) in [5, 5.41) is 13.7. The van der Waals surface area contributed by atoms with Gasteiger partial charge in [-0.25, -0.2) is 4.98 Å². The minimum absolute atomic E-state index is 0.288. The average molecular weight is 310 g/mol. The summed E-state index contributed by atoms with van der Waals surface area (Å²) >= 11 is 5.81. The molecule has 2 aromatic rings. The first-order chi connectivity index (χ1) is 10.1. The summed E-state index contributed by atoms with van der Waals surface area (Å²) in [6, 6.07) is 7.47. The van der Waals surface area contributed by atoms with Crippen LogP contribution in [0.2, 0.25) is 5.02 Å². The molecule has 2 N–H and O–H groups in total. The number of hydrogen-bond donors (Lipinski definition) is 2. The molecule has 0 saturated carbocycles. The van der Waals surface area contributed by atoms with E-state index in [4.69, 9.17) is 16.3 Å². The second-order valence-corrected chi connectivity index (χ2v) is 5.32. The predicted octanol–water partition coefficient (Wildman–Crippen LogP) is 1.74. The molecule has 1 aromatic carbocycles. The van der Waals surface area contributed by atoms with E-state index < -0.39 is 6.10 Å². The van der Waals surface area contributed by atoms with Crippen molar-refractivity contribution in [3.63, 3.8) is 0 Å². The number of rotatable bonds is 8. The highest BCUT2D eigenvalue weighted by molar-refractivity contribution is 6.30. The van der Waals surface area contributed by atoms with Crippen LogP contribution in [-0.4, -0.2) is 33.9 Å². The summed E-state index contributed by atoms with van der Waals surface area (Å²) < 4.78 is 7.42. The van der Waals surface area contributed by atoms with Gasteiger partial charge in [0.25, 0.3) is 0 Å². The van der Waals surface area contributed by atoms with Gasteiger partial charge in [-0.15, -0.1) is 0 Å². The lowest BCUT2D eigenvalue weighted by molar-refractivity contribution is 0.0286. The van der Waals surface area contributed by atoms with Gasteiger partial charge in [-0.3, -0.25) is 0 Å². The number of nitrogens with one attached hydrogen (secondary N) is 1. The second kappa shape index (κ2) is 8.14. The lowest BCUT2D eigenvalue weighted by atomic mass is 10.2. The van der Waals surface area contributed by atoms with Crippen LogP contribution in [0.15, 0.2) is 36.7 Å². The number of nitrogens with zero attached hydrogens (tertiary/aromatic N) is 2. The quantitative estimate of drug-likeness (QED) is 0.780. The van der Waals surface area contributed by atoms with Crippen molar-refractivity contribution in [3.05, 3.63) is 53.1 Å². The number of aryl methyl sites for hydroxylation is 1. The summed E-state index contributed by atoms with van der Waals surface area (Å²) in [6.45, 7) is 1.84. The average Bonchev–Trinajstić information content (AvgIpc) is 2.87. The molecular formula is C15H20ClN3O2. The molecule has 0 radical (unpaired) electrons. The lowest BCUT2D eigenvalue weighted by Gasteiger charge is -2.12. The minimum Gasteiger partial charge on any atom is -0.389 e. The van der Waals surface area contributed by atoms with Crippen LogP contribution in [0.5, 0.6) is 0 Å². The number of aliphatic hydroxyl groups is 1. The molecule has 0 aliphatic heterocycles. The molecule has 0 saturated heterocycles. The Kier molecular flexibility index (Phi) is 6.20. The highest BCUT2D eigenvalue weighted by Gasteiger charge is 2.05. The number of hydrogen-bond acceptors (Lipinski definition) is 4. The van der Waals surface area contributed by atoms with E-state index in [1.807, 2.05) is 42.1 Å². The van der Waals surface area contributed by atoms with Crippen molar-refractivity contribution >= 4 is 11.6 Å². The molecule has 0 amide bonds. The van der Waals surface area contributed by atoms with E-state index in [0.29, 0.717) is 24.7 Å². The van der Waals surface area contributed by atoms with E-state index >= 15 is 0 Å². The normalized spacial score (nSPS) is 12.5. The molecule has 21 heavy (non-hydrogen) atoms. The van der Waals surface area contributed by atoms with Crippen molar-refractivity contribution in [3.8, 4) is 0 Å². The van der Waals surface area contributed by atoms with Crippen LogP contribution in [0.3, 0.4) is 0 Å². The SMILES string of the molecule is Cn1ccnc1CNCC(O)COCc1ccc(Cl)cc1. The molecule has 0 aliphatic carbocycles. The van der Waals surface area contributed by atoms with Crippen LogP contribution in [0.4, 0.5) is 0 Å². The van der Waals surface area contributed by atoms with Gasteiger partial charge in [-0.2, -0.15) is 0 Å². The van der Waals surface area contributed by atoms with Crippen molar-refractivity contribution in [2.45, 2.75) is 19.3 Å². The second-order valence-electron chi connectivity index (χ2n) is 4.88. The third-order valence-electron chi connectivity index (χ3n) is 3.08. The van der Waals surface area contributed by atoms with Gasteiger partial charge in [-0.1, -0.05) is 23.7 Å². The Bertz CT molecular complexity index is 542. The maximum Gasteiger partial charge on any atom is 0.122 e. The maximum absolute atomic E-state index is 9.83. The summed E-state index contributed by atoms with van der Waals surface area (Å²) in [5.74, 6) is 0.935. The summed E-state index contributed by atoms with van der Waals surface area (Å²) in [5.41, 5.74) is 1.03. The van der Waals surface area contributed by atoms with Crippen molar-refractivity contribution in [2.24, 2.45) is 7.05 Å². The molecule has 1 aromatic heterocycles. The zero-order chi connectivity index (χ0) is 15.1. The van der Waals surface area contributed by atoms with Crippen LogP contribution in [0.1, 0.15) is 11.4 Å². The Morgan fingerprint density at radius 3 is 2.81 bits per heavy atom. The first kappa shape index (κ1) is 16.0. The molecule has 114 valence electrons. The molecule has 1 unspecified atom stereocenters. The Hall–Kier alpha value is -1.40. The number of imidazole rings is 1. The third-order valence-corrected chi connectivity index (χ3v) is 3.33. The van der Waals surface area contributed by atoms with Crippen molar-refractivity contribution in [1.82, 2.24) is 14.9 Å². The molecule has 0 aliphatic rings. The first-order valence-corrected chi connectivity index (χ1v) is 7.20. The molecule has 0 bridgehead atoms. The van der Waals surface area contributed by atoms with Crippen LogP contribution < -0.4 is 5.32 Å². The monoisotopic (exact) mass is 309 g/mol. The number of benzene rings is 1. The summed E-state index contributed by atoms with van der Waals surface area (Å²) in [4.78, 5) is 4.20. The fraction of sp³-hybridized carbons (Fsp3) is 0.400. The van der Waals surface area contributed by atoms with Gasteiger partial charge in [0.15, 0.2) is 0 Å². The molecule has 1 atom stereocenters. The van der Waals surface area contributed by atoms with E-state index in [1.54, 1.807) is 6.20 Å². The standard InChI is InChI=1S/C15H20ClN3O2/c1-19-7-6-18-15(19)9-17-8-14(20)11-21-10-12-2-4-13(16)5-3-12/h2-7,14,17,20H,8-11H2,1H3. The van der Waals surface area contributed by atoms with Gasteiger partial charge in [0.1, 0.15) is 5.82 Å². The third kappa shape index (κ3) is 5.47. The zero-order valence-electron chi connectivity index (χ0n) is 12.0. The van der Waals surface area contributed by atoms with Crippen LogP contribution in [-0.2, 0) is 24.9 Å². The maximum atomic E-state index is 9.83. The van der Waals surface area contributed by atoms with Gasteiger partial charge in [0.05, 0.1) is 25.9 Å². The van der Waals surface area contributed by atoms with E-state index in [1.165, 1.54) is 0 Å². The van der Waals surface area contributed by atoms with Crippen LogP contribution in [0.25, 0.3) is 0 Å². The number of ether oxygens (including phenoxy) is 1. The number of aliphatic hydroxyl groups excluding tert-OH is 1. The van der Waals surface area contributed by atoms with Crippen molar-refractivity contribution in [1.29, 1.82) is 0 Å². The van der Waals surface area contributed by atoms with Gasteiger partial charge in [0, 0.05) is 31.0 Å². The van der Waals surface area contributed by atoms with E-state index in [2.05, 4.69) is 10.3 Å². The van der Waals surface area contributed by atoms with E-state index in [0.717, 1.165) is 11.4 Å². The Balaban J connectivity index is 1.60. The topological polar surface area (TPSA) is 59.3 Å². The lowest BCUT2D eigenvalue weighted by Crippen LogP contribution is -2.30. The molecule has 5 nitrogen and oxygen atoms in total. The van der Waals surface area contributed by atoms with Gasteiger partial charge >= 0.3 is 0 Å². The predicted molar refractivity (Wildman–Crippen MR) is 82.0 cm³/mol. The molecule has 0 spiro atoms. The van der Waals surface area contributed by atoms with Gasteiger partial charge in [0.2, 0.25) is 0 Å². The molecule has 0 fully saturated rings. The fourth-order valence-electron chi connectivity index (χ4n) is 1.87. The van der Waals surface area contributed by atoms with Crippen molar-refractivity contribution < 1.29 is 9.84 Å². The molecule has 2 rings (SSSR count). The molecule has 1 heterocycles. The van der Waals surface area contributed by atoms with E-state index in [9.17, 15) is 5.11 Å². The first-order valence-electron chi connectivity index (χ1n) is 6.82. The minimum atomic E-state index is -0.544. The number of halogens is 1. The molecular weight excluding hydrogens is 290 g/mol. The largest absolute Gasteiger partial charge is 0.389 e. The van der Waals surface area contributed by atoms with Gasteiger partial charge in [-0.05, 0) is 17.7 Å². The Labute approximate surface area is 129 Å². The highest BCUT2D eigenvalue weighted by Crippen LogP contribution is 2.10. The van der Waals surface area contributed by atoms with E-state index in [-0.39, 0.29) is 6.61 Å².